The van der Waals surface area contributed by atoms with Crippen LogP contribution in [0, 0.1) is 13.8 Å². The zero-order valence-corrected chi connectivity index (χ0v) is 20.9. The highest BCUT2D eigenvalue weighted by Crippen LogP contribution is 2.22. The van der Waals surface area contributed by atoms with Gasteiger partial charge >= 0.3 is 0 Å². The molecule has 0 spiro atoms. The van der Waals surface area contributed by atoms with E-state index in [1.165, 1.54) is 18.4 Å². The van der Waals surface area contributed by atoms with Crippen LogP contribution in [0.3, 0.4) is 0 Å². The number of imidazole rings is 1. The van der Waals surface area contributed by atoms with Gasteiger partial charge in [-0.1, -0.05) is 6.07 Å². The zero-order chi connectivity index (χ0) is 24.3. The minimum absolute atomic E-state index is 0.00181. The normalized spacial score (nSPS) is 11.8. The lowest BCUT2D eigenvalue weighted by molar-refractivity contribution is -0.130. The minimum Gasteiger partial charge on any atom is -0.492 e. The maximum absolute atomic E-state index is 12.6. The van der Waals surface area contributed by atoms with Gasteiger partial charge in [-0.2, -0.15) is 0 Å². The zero-order valence-electron chi connectivity index (χ0n) is 20.1. The van der Waals surface area contributed by atoms with Crippen molar-refractivity contribution >= 4 is 27.0 Å². The van der Waals surface area contributed by atoms with Crippen LogP contribution in [0.25, 0.3) is 11.0 Å². The Kier molecular flexibility index (Phi) is 7.44. The van der Waals surface area contributed by atoms with Crippen molar-refractivity contribution in [1.82, 2.24) is 18.8 Å². The highest BCUT2D eigenvalue weighted by molar-refractivity contribution is 7.89. The quantitative estimate of drug-likeness (QED) is 0.478. The number of amides is 1. The van der Waals surface area contributed by atoms with Crippen LogP contribution in [-0.2, 0) is 28.3 Å². The van der Waals surface area contributed by atoms with Gasteiger partial charge in [0.05, 0.1) is 22.5 Å². The predicted molar refractivity (Wildman–Crippen MR) is 129 cm³/mol. The summed E-state index contributed by atoms with van der Waals surface area (Å²) in [7, 11) is 3.10. The van der Waals surface area contributed by atoms with Crippen molar-refractivity contribution in [3.05, 3.63) is 53.3 Å². The average Bonchev–Trinajstić information content (AvgIpc) is 3.06. The predicted octanol–water partition coefficient (Wildman–Crippen LogP) is 2.91. The Bertz CT molecular complexity index is 1240. The lowest BCUT2D eigenvalue weighted by Crippen LogP contribution is -2.31. The van der Waals surface area contributed by atoms with Crippen molar-refractivity contribution in [3.63, 3.8) is 0 Å². The van der Waals surface area contributed by atoms with Crippen molar-refractivity contribution in [1.29, 1.82) is 0 Å². The van der Waals surface area contributed by atoms with Crippen LogP contribution in [0.5, 0.6) is 5.75 Å². The number of sulfonamides is 1. The van der Waals surface area contributed by atoms with Crippen molar-refractivity contribution < 1.29 is 17.9 Å². The molecule has 0 bridgehead atoms. The topological polar surface area (TPSA) is 84.7 Å². The van der Waals surface area contributed by atoms with Gasteiger partial charge in [-0.3, -0.25) is 4.79 Å². The van der Waals surface area contributed by atoms with Crippen molar-refractivity contribution in [2.75, 3.05) is 34.3 Å². The molecule has 0 N–H and O–H groups in total. The first-order valence-electron chi connectivity index (χ1n) is 10.8. The molecule has 0 unspecified atom stereocenters. The molecule has 9 heteroatoms. The highest BCUT2D eigenvalue weighted by atomic mass is 32.2. The summed E-state index contributed by atoms with van der Waals surface area (Å²) in [5.41, 5.74) is 3.70. The van der Waals surface area contributed by atoms with Crippen LogP contribution in [0.15, 0.2) is 41.3 Å². The lowest BCUT2D eigenvalue weighted by atomic mass is 10.1. The van der Waals surface area contributed by atoms with Gasteiger partial charge in [0.2, 0.25) is 15.9 Å². The first-order chi connectivity index (χ1) is 15.5. The standard InChI is InChI=1S/C24H32N4O4S/c1-17-13-18(2)15-19(14-17)32-12-11-27(5)24(29)10-9-23-25-21-16-20(33(30,31)26(3)4)7-8-22(21)28(23)6/h7-8,13-16H,9-12H2,1-6H3. The van der Waals surface area contributed by atoms with Gasteiger partial charge in [0, 0.05) is 41.0 Å². The lowest BCUT2D eigenvalue weighted by Gasteiger charge is -2.17. The number of carbonyl (C=O) groups excluding carboxylic acids is 1. The maximum atomic E-state index is 12.6. The van der Waals surface area contributed by atoms with Crippen LogP contribution in [0.2, 0.25) is 0 Å². The van der Waals surface area contributed by atoms with Crippen LogP contribution in [-0.4, -0.2) is 67.4 Å². The number of fused-ring (bicyclic) bond motifs is 1. The molecule has 33 heavy (non-hydrogen) atoms. The molecule has 1 heterocycles. The van der Waals surface area contributed by atoms with E-state index in [1.807, 2.05) is 37.6 Å². The SMILES string of the molecule is Cc1cc(C)cc(OCCN(C)C(=O)CCc2nc3cc(S(=O)(=O)N(C)C)ccc3n2C)c1. The fourth-order valence-corrected chi connectivity index (χ4v) is 4.60. The second-order valence-corrected chi connectivity index (χ2v) is 10.7. The summed E-state index contributed by atoms with van der Waals surface area (Å²) in [5.74, 6) is 1.54. The van der Waals surface area contributed by atoms with Gasteiger partial charge in [-0.05, 0) is 55.3 Å². The number of aryl methyl sites for hydroxylation is 4. The molecule has 1 aromatic heterocycles. The van der Waals surface area contributed by atoms with E-state index in [-0.39, 0.29) is 10.8 Å². The summed E-state index contributed by atoms with van der Waals surface area (Å²) in [6, 6.07) is 11.0. The van der Waals surface area contributed by atoms with E-state index in [9.17, 15) is 13.2 Å². The number of hydrogen-bond acceptors (Lipinski definition) is 5. The summed E-state index contributed by atoms with van der Waals surface area (Å²) >= 11 is 0. The number of likely N-dealkylation sites (N-methyl/N-ethyl adjacent to an activating group) is 1. The summed E-state index contributed by atoms with van der Waals surface area (Å²) in [5, 5.41) is 0. The third-order valence-corrected chi connectivity index (χ3v) is 7.41. The van der Waals surface area contributed by atoms with E-state index in [0.717, 1.165) is 28.2 Å². The molecule has 3 rings (SSSR count). The minimum atomic E-state index is -3.53. The summed E-state index contributed by atoms with van der Waals surface area (Å²) < 4.78 is 33.7. The van der Waals surface area contributed by atoms with Crippen LogP contribution >= 0.6 is 0 Å². The second-order valence-electron chi connectivity index (χ2n) is 8.51. The van der Waals surface area contributed by atoms with Crippen LogP contribution < -0.4 is 4.74 Å². The molecule has 178 valence electrons. The number of aromatic nitrogens is 2. The third kappa shape index (κ3) is 5.72. The van der Waals surface area contributed by atoms with Crippen LogP contribution in [0.1, 0.15) is 23.4 Å². The van der Waals surface area contributed by atoms with E-state index in [0.29, 0.717) is 31.5 Å². The number of ether oxygens (including phenoxy) is 1. The Labute approximate surface area is 195 Å². The molecule has 0 aliphatic rings. The number of benzene rings is 2. The molecular weight excluding hydrogens is 440 g/mol. The molecule has 0 saturated carbocycles. The van der Waals surface area contributed by atoms with E-state index in [4.69, 9.17) is 4.74 Å². The monoisotopic (exact) mass is 472 g/mol. The van der Waals surface area contributed by atoms with E-state index >= 15 is 0 Å². The molecule has 1 amide bonds. The van der Waals surface area contributed by atoms with E-state index < -0.39 is 10.0 Å². The van der Waals surface area contributed by atoms with Crippen molar-refractivity contribution in [2.45, 2.75) is 31.6 Å². The Balaban J connectivity index is 1.59. The van der Waals surface area contributed by atoms with Crippen molar-refractivity contribution in [2.24, 2.45) is 7.05 Å². The fraction of sp³-hybridized carbons (Fsp3) is 0.417. The molecule has 8 nitrogen and oxygen atoms in total. The van der Waals surface area contributed by atoms with E-state index in [1.54, 1.807) is 30.1 Å². The van der Waals surface area contributed by atoms with Gasteiger partial charge in [0.15, 0.2) is 0 Å². The number of carbonyl (C=O) groups is 1. The average molecular weight is 473 g/mol. The van der Waals surface area contributed by atoms with Crippen LogP contribution in [0.4, 0.5) is 0 Å². The molecule has 0 radical (unpaired) electrons. The fourth-order valence-electron chi connectivity index (χ4n) is 3.68. The van der Waals surface area contributed by atoms with E-state index in [2.05, 4.69) is 11.1 Å². The van der Waals surface area contributed by atoms with Gasteiger partial charge in [0.25, 0.3) is 0 Å². The van der Waals surface area contributed by atoms with Gasteiger partial charge in [-0.15, -0.1) is 0 Å². The summed E-state index contributed by atoms with van der Waals surface area (Å²) in [6.07, 6.45) is 0.766. The molecule has 0 aliphatic carbocycles. The smallest absolute Gasteiger partial charge is 0.242 e. The molecule has 2 aromatic carbocycles. The Morgan fingerprint density at radius 2 is 1.73 bits per heavy atom. The maximum Gasteiger partial charge on any atom is 0.242 e. The van der Waals surface area contributed by atoms with Crippen molar-refractivity contribution in [3.8, 4) is 5.75 Å². The van der Waals surface area contributed by atoms with Gasteiger partial charge < -0.3 is 14.2 Å². The molecule has 0 fully saturated rings. The Hall–Kier alpha value is -2.91. The molecule has 0 saturated heterocycles. The molecular formula is C24H32N4O4S. The summed E-state index contributed by atoms with van der Waals surface area (Å²) in [4.78, 5) is 19.0. The summed E-state index contributed by atoms with van der Waals surface area (Å²) in [6.45, 7) is 4.96. The molecule has 3 aromatic rings. The number of rotatable bonds is 9. The Morgan fingerprint density at radius 1 is 1.06 bits per heavy atom. The second kappa shape index (κ2) is 9.93. The molecule has 0 aliphatic heterocycles. The number of hydrogen-bond donors (Lipinski definition) is 0. The van der Waals surface area contributed by atoms with Gasteiger partial charge in [-0.25, -0.2) is 17.7 Å². The largest absolute Gasteiger partial charge is 0.492 e. The highest BCUT2D eigenvalue weighted by Gasteiger charge is 2.19. The third-order valence-electron chi connectivity index (χ3n) is 5.60. The van der Waals surface area contributed by atoms with Gasteiger partial charge in [0.1, 0.15) is 18.2 Å². The first kappa shape index (κ1) is 24.7. The Morgan fingerprint density at radius 3 is 2.36 bits per heavy atom. The molecule has 0 atom stereocenters. The first-order valence-corrected chi connectivity index (χ1v) is 12.3. The number of nitrogens with zero attached hydrogens (tertiary/aromatic N) is 4.